The molecule has 5 heteroatoms. The highest BCUT2D eigenvalue weighted by Gasteiger charge is 2.05. The van der Waals surface area contributed by atoms with Gasteiger partial charge in [-0.3, -0.25) is 0 Å². The Hall–Kier alpha value is -3.70. The summed E-state index contributed by atoms with van der Waals surface area (Å²) in [6.07, 6.45) is 5.21. The van der Waals surface area contributed by atoms with Crippen LogP contribution in [0.4, 0.5) is 0 Å². The van der Waals surface area contributed by atoms with Crippen molar-refractivity contribution in [1.29, 1.82) is 10.5 Å². The van der Waals surface area contributed by atoms with E-state index in [4.69, 9.17) is 10.5 Å². The Morgan fingerprint density at radius 3 is 2.12 bits per heavy atom. The third-order valence-corrected chi connectivity index (χ3v) is 3.56. The van der Waals surface area contributed by atoms with Gasteiger partial charge in [0, 0.05) is 0 Å². The van der Waals surface area contributed by atoms with Crippen LogP contribution in [0.2, 0.25) is 0 Å². The fraction of sp³-hybridized carbons (Fsp3) is 0.0526. The van der Waals surface area contributed by atoms with Gasteiger partial charge in [-0.1, -0.05) is 24.3 Å². The second-order valence-electron chi connectivity index (χ2n) is 5.19. The molecule has 0 unspecified atom stereocenters. The largest absolute Gasteiger partial charge is 0.249 e. The first-order chi connectivity index (χ1) is 11.8. The van der Waals surface area contributed by atoms with Crippen molar-refractivity contribution < 1.29 is 0 Å². The maximum atomic E-state index is 8.95. The molecule has 0 N–H and O–H groups in total. The lowest BCUT2D eigenvalue weighted by Crippen LogP contribution is -2.01. The highest BCUT2D eigenvalue weighted by atomic mass is 15.3. The zero-order valence-electron chi connectivity index (χ0n) is 12.8. The summed E-state index contributed by atoms with van der Waals surface area (Å²) in [7, 11) is 0. The van der Waals surface area contributed by atoms with Gasteiger partial charge in [0.05, 0.1) is 29.8 Å². The summed E-state index contributed by atoms with van der Waals surface area (Å²) in [6.45, 7) is 0.561. The molecule has 0 aliphatic carbocycles. The predicted octanol–water partition coefficient (Wildman–Crippen LogP) is 3.26. The third kappa shape index (κ3) is 3.55. The van der Waals surface area contributed by atoms with E-state index in [0.29, 0.717) is 17.7 Å². The van der Waals surface area contributed by atoms with Crippen LogP contribution in [0, 0.1) is 22.7 Å². The average Bonchev–Trinajstić information content (AvgIpc) is 3.15. The number of benzene rings is 2. The molecule has 0 aliphatic rings. The number of aromatic nitrogens is 3. The number of hydrogen-bond acceptors (Lipinski definition) is 4. The maximum absolute atomic E-state index is 8.95. The maximum Gasteiger partial charge on any atom is 0.137 e. The van der Waals surface area contributed by atoms with E-state index in [1.54, 1.807) is 35.3 Å². The average molecular weight is 311 g/mol. The molecule has 0 radical (unpaired) electrons. The Balaban J connectivity index is 1.98. The highest BCUT2D eigenvalue weighted by molar-refractivity contribution is 5.81. The molecule has 0 atom stereocenters. The van der Waals surface area contributed by atoms with Gasteiger partial charge < -0.3 is 0 Å². The SMILES string of the molecule is N#Cc1ccc(C=C(Cn2cncn2)c2ccc(C#N)cc2)cc1. The minimum Gasteiger partial charge on any atom is -0.249 e. The van der Waals surface area contributed by atoms with Gasteiger partial charge in [0.2, 0.25) is 0 Å². The van der Waals surface area contributed by atoms with Crippen molar-refractivity contribution in [2.45, 2.75) is 6.54 Å². The zero-order valence-corrected chi connectivity index (χ0v) is 12.8. The van der Waals surface area contributed by atoms with Crippen LogP contribution in [0.5, 0.6) is 0 Å². The first-order valence-electron chi connectivity index (χ1n) is 7.32. The van der Waals surface area contributed by atoms with Gasteiger partial charge in [0.25, 0.3) is 0 Å². The number of allylic oxidation sites excluding steroid dienone is 1. The van der Waals surface area contributed by atoms with Crippen molar-refractivity contribution in [3.05, 3.63) is 83.4 Å². The number of nitriles is 2. The van der Waals surface area contributed by atoms with Crippen LogP contribution in [0.1, 0.15) is 22.3 Å². The lowest BCUT2D eigenvalue weighted by molar-refractivity contribution is 0.711. The summed E-state index contributed by atoms with van der Waals surface area (Å²) in [5.41, 5.74) is 4.29. The monoisotopic (exact) mass is 311 g/mol. The molecule has 0 fully saturated rings. The fourth-order valence-electron chi connectivity index (χ4n) is 2.32. The standard InChI is InChI=1S/C19H13N5/c20-10-16-3-1-15(2-4-16)9-19(12-24-14-22-13-23-24)18-7-5-17(11-21)6-8-18/h1-9,13-14H,12H2. The molecule has 5 nitrogen and oxygen atoms in total. The third-order valence-electron chi connectivity index (χ3n) is 3.56. The normalized spacial score (nSPS) is 10.8. The second-order valence-corrected chi connectivity index (χ2v) is 5.19. The second kappa shape index (κ2) is 7.04. The molecule has 3 rings (SSSR count). The Kier molecular flexibility index (Phi) is 4.46. The van der Waals surface area contributed by atoms with E-state index in [1.165, 1.54) is 6.33 Å². The first kappa shape index (κ1) is 15.2. The van der Waals surface area contributed by atoms with E-state index in [1.807, 2.05) is 30.3 Å². The Morgan fingerprint density at radius 2 is 1.58 bits per heavy atom. The molecule has 1 aromatic heterocycles. The van der Waals surface area contributed by atoms with Gasteiger partial charge in [-0.2, -0.15) is 15.6 Å². The quantitative estimate of drug-likeness (QED) is 0.693. The molecule has 0 saturated heterocycles. The van der Waals surface area contributed by atoms with Crippen molar-refractivity contribution in [1.82, 2.24) is 14.8 Å². The molecule has 1 heterocycles. The van der Waals surface area contributed by atoms with Crippen LogP contribution in [0.15, 0.2) is 61.2 Å². The van der Waals surface area contributed by atoms with Crippen molar-refractivity contribution >= 4 is 11.6 Å². The van der Waals surface area contributed by atoms with E-state index in [0.717, 1.165) is 16.7 Å². The molecule has 0 saturated carbocycles. The Labute approximate surface area is 139 Å². The van der Waals surface area contributed by atoms with Gasteiger partial charge in [-0.25, -0.2) is 9.67 Å². The fourth-order valence-corrected chi connectivity index (χ4v) is 2.32. The lowest BCUT2D eigenvalue weighted by atomic mass is 10.0. The van der Waals surface area contributed by atoms with Crippen LogP contribution < -0.4 is 0 Å². The van der Waals surface area contributed by atoms with E-state index in [-0.39, 0.29) is 0 Å². The van der Waals surface area contributed by atoms with Crippen molar-refractivity contribution in [2.24, 2.45) is 0 Å². The molecule has 0 bridgehead atoms. The van der Waals surface area contributed by atoms with E-state index in [2.05, 4.69) is 22.2 Å². The zero-order chi connectivity index (χ0) is 16.8. The summed E-state index contributed by atoms with van der Waals surface area (Å²) in [4.78, 5) is 3.97. The molecule has 24 heavy (non-hydrogen) atoms. The van der Waals surface area contributed by atoms with Gasteiger partial charge in [0.1, 0.15) is 12.7 Å². The van der Waals surface area contributed by atoms with Gasteiger partial charge >= 0.3 is 0 Å². The smallest absolute Gasteiger partial charge is 0.137 e. The summed E-state index contributed by atoms with van der Waals surface area (Å²) in [6, 6.07) is 19.1. The van der Waals surface area contributed by atoms with Crippen molar-refractivity contribution in [3.8, 4) is 12.1 Å². The van der Waals surface area contributed by atoms with Crippen LogP contribution in [-0.4, -0.2) is 14.8 Å². The highest BCUT2D eigenvalue weighted by Crippen LogP contribution is 2.21. The number of nitrogens with zero attached hydrogens (tertiary/aromatic N) is 5. The van der Waals surface area contributed by atoms with Crippen LogP contribution >= 0.6 is 0 Å². The predicted molar refractivity (Wildman–Crippen MR) is 90.2 cm³/mol. The number of rotatable bonds is 4. The van der Waals surface area contributed by atoms with Gasteiger partial charge in [-0.15, -0.1) is 0 Å². The van der Waals surface area contributed by atoms with E-state index >= 15 is 0 Å². The Morgan fingerprint density at radius 1 is 0.958 bits per heavy atom. The van der Waals surface area contributed by atoms with Crippen LogP contribution in [0.25, 0.3) is 11.6 Å². The topological polar surface area (TPSA) is 78.3 Å². The van der Waals surface area contributed by atoms with Gasteiger partial charge in [0.15, 0.2) is 0 Å². The molecule has 0 amide bonds. The minimum absolute atomic E-state index is 0.561. The minimum atomic E-state index is 0.561. The molecule has 3 aromatic rings. The molecule has 0 spiro atoms. The summed E-state index contributed by atoms with van der Waals surface area (Å²) in [5, 5.41) is 22.0. The molecular formula is C19H13N5. The van der Waals surface area contributed by atoms with Gasteiger partial charge in [-0.05, 0) is 47.0 Å². The van der Waals surface area contributed by atoms with Crippen molar-refractivity contribution in [3.63, 3.8) is 0 Å². The van der Waals surface area contributed by atoms with E-state index < -0.39 is 0 Å². The van der Waals surface area contributed by atoms with Crippen LogP contribution in [-0.2, 0) is 6.54 Å². The summed E-state index contributed by atoms with van der Waals surface area (Å²) >= 11 is 0. The number of hydrogen-bond donors (Lipinski definition) is 0. The summed E-state index contributed by atoms with van der Waals surface area (Å²) < 4.78 is 1.74. The first-order valence-corrected chi connectivity index (χ1v) is 7.32. The Bertz CT molecular complexity index is 921. The van der Waals surface area contributed by atoms with E-state index in [9.17, 15) is 0 Å². The lowest BCUT2D eigenvalue weighted by Gasteiger charge is -2.09. The molecule has 114 valence electrons. The van der Waals surface area contributed by atoms with Crippen LogP contribution in [0.3, 0.4) is 0 Å². The molecule has 0 aliphatic heterocycles. The molecular weight excluding hydrogens is 298 g/mol. The summed E-state index contributed by atoms with van der Waals surface area (Å²) in [5.74, 6) is 0. The molecule has 2 aromatic carbocycles. The van der Waals surface area contributed by atoms with Crippen molar-refractivity contribution in [2.75, 3.05) is 0 Å².